The Kier molecular flexibility index (Phi) is 8.01. The van der Waals surface area contributed by atoms with Gasteiger partial charge in [-0.3, -0.25) is 9.32 Å². The Morgan fingerprint density at radius 3 is 2.41 bits per heavy atom. The monoisotopic (exact) mass is 398 g/mol. The van der Waals surface area contributed by atoms with Crippen molar-refractivity contribution in [2.75, 3.05) is 18.1 Å². The average molecular weight is 398 g/mol. The molecule has 8 heteroatoms. The van der Waals surface area contributed by atoms with Crippen molar-refractivity contribution in [2.45, 2.75) is 63.8 Å². The molecule has 1 saturated heterocycles. The second-order valence-electron chi connectivity index (χ2n) is 7.31. The van der Waals surface area contributed by atoms with E-state index in [1.165, 1.54) is 37.7 Å². The van der Waals surface area contributed by atoms with Gasteiger partial charge in [0.15, 0.2) is 0 Å². The first kappa shape index (κ1) is 22.1. The summed E-state index contributed by atoms with van der Waals surface area (Å²) in [5.74, 6) is -0.375. The van der Waals surface area contributed by atoms with E-state index in [2.05, 4.69) is 11.4 Å². The van der Waals surface area contributed by atoms with Crippen LogP contribution >= 0.6 is 7.82 Å². The van der Waals surface area contributed by atoms with Gasteiger partial charge in [0.05, 0.1) is 6.61 Å². The van der Waals surface area contributed by atoms with E-state index < -0.39 is 20.0 Å². The molecule has 0 spiro atoms. The molecule has 152 valence electrons. The van der Waals surface area contributed by atoms with E-state index in [0.29, 0.717) is 6.54 Å². The van der Waals surface area contributed by atoms with Crippen LogP contribution in [0.4, 0.5) is 5.69 Å². The Morgan fingerprint density at radius 2 is 1.78 bits per heavy atom. The van der Waals surface area contributed by atoms with E-state index in [0.717, 1.165) is 18.5 Å². The van der Waals surface area contributed by atoms with Gasteiger partial charge in [-0.25, -0.2) is 4.57 Å². The van der Waals surface area contributed by atoms with Crippen LogP contribution in [0.15, 0.2) is 24.3 Å². The Labute approximate surface area is 161 Å². The number of hydrogen-bond donors (Lipinski definition) is 3. The maximum Gasteiger partial charge on any atom is 0.469 e. The molecule has 2 rings (SSSR count). The number of hydrogen-bond acceptors (Lipinski definition) is 4. The predicted octanol–water partition coefficient (Wildman–Crippen LogP) is 3.13. The number of phosphoric acid groups is 1. The molecule has 1 aromatic carbocycles. The lowest BCUT2D eigenvalue weighted by Gasteiger charge is -2.23. The van der Waals surface area contributed by atoms with Crippen LogP contribution in [0.2, 0.25) is 0 Å². The third-order valence-electron chi connectivity index (χ3n) is 5.01. The standard InChI is InChI=1S/C19H31N2O5P/c1-2-3-4-5-6-7-8-16-9-11-17(12-10-16)21-14-13-19(20,18(21)22)15-26-27(23,24)25/h9-12H,2-8,13-15,20H2,1H3,(H2,23,24,25). The van der Waals surface area contributed by atoms with Crippen molar-refractivity contribution in [2.24, 2.45) is 5.73 Å². The minimum absolute atomic E-state index is 0.283. The lowest BCUT2D eigenvalue weighted by molar-refractivity contribution is -0.122. The van der Waals surface area contributed by atoms with Gasteiger partial charge in [0.2, 0.25) is 5.91 Å². The van der Waals surface area contributed by atoms with Crippen molar-refractivity contribution in [3.8, 4) is 0 Å². The summed E-state index contributed by atoms with van der Waals surface area (Å²) in [5.41, 5.74) is 6.61. The molecule has 7 nitrogen and oxygen atoms in total. The van der Waals surface area contributed by atoms with E-state index in [4.69, 9.17) is 15.5 Å². The molecule has 27 heavy (non-hydrogen) atoms. The minimum atomic E-state index is -4.66. The van der Waals surface area contributed by atoms with Crippen LogP contribution in [0.3, 0.4) is 0 Å². The number of phosphoric ester groups is 1. The zero-order valence-electron chi connectivity index (χ0n) is 16.0. The van der Waals surface area contributed by atoms with Crippen LogP contribution in [0.25, 0.3) is 0 Å². The van der Waals surface area contributed by atoms with Gasteiger partial charge in [-0.15, -0.1) is 0 Å². The topological polar surface area (TPSA) is 113 Å². The van der Waals surface area contributed by atoms with Crippen LogP contribution in [0.1, 0.15) is 57.4 Å². The smallest absolute Gasteiger partial charge is 0.315 e. The summed E-state index contributed by atoms with van der Waals surface area (Å²) in [7, 11) is -4.66. The van der Waals surface area contributed by atoms with E-state index in [1.807, 2.05) is 24.3 Å². The number of nitrogens with zero attached hydrogens (tertiary/aromatic N) is 1. The maximum absolute atomic E-state index is 12.6. The number of benzene rings is 1. The molecule has 1 atom stereocenters. The fourth-order valence-electron chi connectivity index (χ4n) is 3.32. The first-order chi connectivity index (χ1) is 12.7. The van der Waals surface area contributed by atoms with Crippen LogP contribution in [0.5, 0.6) is 0 Å². The number of unbranched alkanes of at least 4 members (excludes halogenated alkanes) is 5. The van der Waals surface area contributed by atoms with Crippen LogP contribution in [-0.4, -0.2) is 34.4 Å². The molecule has 1 aromatic rings. The van der Waals surface area contributed by atoms with E-state index in [-0.39, 0.29) is 12.3 Å². The highest BCUT2D eigenvalue weighted by atomic mass is 31.2. The van der Waals surface area contributed by atoms with Crippen LogP contribution in [-0.2, 0) is 20.3 Å². The highest BCUT2D eigenvalue weighted by molar-refractivity contribution is 7.46. The van der Waals surface area contributed by atoms with Crippen LogP contribution in [0, 0.1) is 0 Å². The highest BCUT2D eigenvalue weighted by Gasteiger charge is 2.45. The molecule has 0 saturated carbocycles. The minimum Gasteiger partial charge on any atom is -0.315 e. The predicted molar refractivity (Wildman–Crippen MR) is 105 cm³/mol. The molecule has 0 bridgehead atoms. The van der Waals surface area contributed by atoms with E-state index in [9.17, 15) is 9.36 Å². The molecular formula is C19H31N2O5P. The van der Waals surface area contributed by atoms with Gasteiger partial charge in [0, 0.05) is 12.2 Å². The van der Waals surface area contributed by atoms with Crippen molar-refractivity contribution in [1.29, 1.82) is 0 Å². The molecule has 1 aliphatic heterocycles. The molecular weight excluding hydrogens is 367 g/mol. The van der Waals surface area contributed by atoms with Gasteiger partial charge in [0.1, 0.15) is 5.54 Å². The summed E-state index contributed by atoms with van der Waals surface area (Å²) in [6.07, 6.45) is 8.86. The van der Waals surface area contributed by atoms with Crippen LogP contribution < -0.4 is 10.6 Å². The molecule has 1 unspecified atom stereocenters. The number of aryl methyl sites for hydroxylation is 1. The lowest BCUT2D eigenvalue weighted by Crippen LogP contribution is -2.51. The Hall–Kier alpha value is -1.24. The Bertz CT molecular complexity index is 661. The lowest BCUT2D eigenvalue weighted by atomic mass is 10.0. The molecule has 1 amide bonds. The summed E-state index contributed by atoms with van der Waals surface area (Å²) < 4.78 is 15.3. The molecule has 1 fully saturated rings. The largest absolute Gasteiger partial charge is 0.469 e. The molecule has 4 N–H and O–H groups in total. The highest BCUT2D eigenvalue weighted by Crippen LogP contribution is 2.38. The summed E-state index contributed by atoms with van der Waals surface area (Å²) in [6.45, 7) is 2.12. The fourth-order valence-corrected chi connectivity index (χ4v) is 3.72. The Balaban J connectivity index is 1.86. The number of amides is 1. The normalized spacial score (nSPS) is 20.4. The van der Waals surface area contributed by atoms with Gasteiger partial charge in [-0.2, -0.15) is 0 Å². The summed E-state index contributed by atoms with van der Waals surface area (Å²) in [4.78, 5) is 31.8. The summed E-state index contributed by atoms with van der Waals surface area (Å²) in [6, 6.07) is 7.86. The second-order valence-corrected chi connectivity index (χ2v) is 8.55. The molecule has 0 aromatic heterocycles. The maximum atomic E-state index is 12.6. The number of anilines is 1. The van der Waals surface area contributed by atoms with Gasteiger partial charge < -0.3 is 20.4 Å². The van der Waals surface area contributed by atoms with Gasteiger partial charge in [0.25, 0.3) is 0 Å². The second kappa shape index (κ2) is 9.80. The first-order valence-electron chi connectivity index (χ1n) is 9.65. The summed E-state index contributed by atoms with van der Waals surface area (Å²) >= 11 is 0. The van der Waals surface area contributed by atoms with Crippen molar-refractivity contribution in [1.82, 2.24) is 0 Å². The number of nitrogens with two attached hydrogens (primary N) is 1. The van der Waals surface area contributed by atoms with Gasteiger partial charge in [-0.1, -0.05) is 51.2 Å². The first-order valence-corrected chi connectivity index (χ1v) is 11.2. The molecule has 0 aliphatic carbocycles. The number of carbonyl (C=O) groups excluding carboxylic acids is 1. The Morgan fingerprint density at radius 1 is 1.15 bits per heavy atom. The zero-order valence-corrected chi connectivity index (χ0v) is 16.9. The zero-order chi connectivity index (χ0) is 19.9. The third kappa shape index (κ3) is 6.70. The van der Waals surface area contributed by atoms with E-state index in [1.54, 1.807) is 4.90 Å². The SMILES string of the molecule is CCCCCCCCc1ccc(N2CCC(N)(COP(=O)(O)O)C2=O)cc1. The fraction of sp³-hybridized carbons (Fsp3) is 0.632. The van der Waals surface area contributed by atoms with Crippen molar-refractivity contribution in [3.63, 3.8) is 0 Å². The van der Waals surface area contributed by atoms with E-state index >= 15 is 0 Å². The van der Waals surface area contributed by atoms with Crippen molar-refractivity contribution in [3.05, 3.63) is 29.8 Å². The molecule has 1 heterocycles. The van der Waals surface area contributed by atoms with Gasteiger partial charge in [-0.05, 0) is 37.0 Å². The quantitative estimate of drug-likeness (QED) is 0.390. The average Bonchev–Trinajstić information content (AvgIpc) is 2.92. The van der Waals surface area contributed by atoms with Crippen molar-refractivity contribution < 1.29 is 23.7 Å². The van der Waals surface area contributed by atoms with Gasteiger partial charge >= 0.3 is 7.82 Å². The number of rotatable bonds is 11. The number of carbonyl (C=O) groups is 1. The molecule has 0 radical (unpaired) electrons. The molecule has 1 aliphatic rings. The third-order valence-corrected chi connectivity index (χ3v) is 5.48. The summed E-state index contributed by atoms with van der Waals surface area (Å²) in [5, 5.41) is 0. The van der Waals surface area contributed by atoms with Crippen molar-refractivity contribution >= 4 is 19.4 Å².